The number of carbonyl (C=O) groups is 7. The zero-order valence-electron chi connectivity index (χ0n) is 33.1. The minimum atomic E-state index is -1.46. The fourth-order valence-electron chi connectivity index (χ4n) is 8.49. The standard InChI is InChI=1S/C42H54N6O9/c1-25-20-34-42(55)57-27(3)36(45-37(50)31(22-28-12-6-5-7-13-28)44-35(49)23-29-14-10-15-30(21-29)56-4)41(54)47-19-11-17-33(47)40(53)46-18-9-8-16-32(46)38(51)43-26(2)39(52)48(34)24-25/h5-7,10,12-15,21,25-27,31-34,36H,8-9,11,16-20,22-24H2,1-4H3,(H,43,51)(H,44,49)(H,45,50)/t25-,26+,27+,31+,32+,33+,34+,36+/m1/s1. The number of hydrogen-bond donors (Lipinski definition) is 3. The molecule has 0 aromatic heterocycles. The number of esters is 1. The number of methoxy groups -OCH3 is 1. The molecule has 0 saturated carbocycles. The highest BCUT2D eigenvalue weighted by molar-refractivity contribution is 5.98. The number of carbonyl (C=O) groups excluding carboxylic acids is 7. The van der Waals surface area contributed by atoms with Crippen LogP contribution in [0, 0.1) is 5.92 Å². The number of ether oxygens (including phenoxy) is 2. The molecule has 6 rings (SSSR count). The molecule has 0 aliphatic carbocycles. The van der Waals surface area contributed by atoms with E-state index in [0.717, 1.165) is 5.56 Å². The number of nitrogens with one attached hydrogen (secondary N) is 3. The van der Waals surface area contributed by atoms with E-state index in [1.807, 2.05) is 37.3 Å². The van der Waals surface area contributed by atoms with Crippen LogP contribution < -0.4 is 20.7 Å². The first-order valence-electron chi connectivity index (χ1n) is 20.0. The lowest BCUT2D eigenvalue weighted by atomic mass is 9.99. The number of cyclic esters (lactones) is 1. The Kier molecular flexibility index (Phi) is 13.1. The van der Waals surface area contributed by atoms with Gasteiger partial charge in [0, 0.05) is 26.1 Å². The first-order valence-corrected chi connectivity index (χ1v) is 20.0. The molecule has 4 heterocycles. The molecule has 0 bridgehead atoms. The number of benzene rings is 2. The Labute approximate surface area is 333 Å². The minimum Gasteiger partial charge on any atom is -0.497 e. The van der Waals surface area contributed by atoms with Crippen molar-refractivity contribution in [2.45, 2.75) is 114 Å². The lowest BCUT2D eigenvalue weighted by Crippen LogP contribution is -2.63. The van der Waals surface area contributed by atoms with Crippen LogP contribution in [0.5, 0.6) is 5.75 Å². The van der Waals surface area contributed by atoms with Crippen LogP contribution in [0.25, 0.3) is 0 Å². The van der Waals surface area contributed by atoms with Gasteiger partial charge < -0.3 is 40.1 Å². The van der Waals surface area contributed by atoms with Crippen molar-refractivity contribution in [3.8, 4) is 5.75 Å². The molecule has 2 aromatic carbocycles. The van der Waals surface area contributed by atoms with Crippen molar-refractivity contribution in [1.82, 2.24) is 30.7 Å². The molecule has 4 aliphatic rings. The summed E-state index contributed by atoms with van der Waals surface area (Å²) in [6.07, 6.45) is 1.73. The van der Waals surface area contributed by atoms with E-state index < -0.39 is 77.9 Å². The van der Waals surface area contributed by atoms with Gasteiger partial charge in [-0.05, 0) is 81.5 Å². The highest BCUT2D eigenvalue weighted by Gasteiger charge is 2.47. The van der Waals surface area contributed by atoms with Crippen molar-refractivity contribution in [3.05, 3.63) is 65.7 Å². The second-order valence-corrected chi connectivity index (χ2v) is 15.8. The van der Waals surface area contributed by atoms with Gasteiger partial charge in [0.1, 0.15) is 48.1 Å². The third-order valence-corrected chi connectivity index (χ3v) is 11.5. The Balaban J connectivity index is 1.32. The fourth-order valence-corrected chi connectivity index (χ4v) is 8.49. The molecule has 0 spiro atoms. The van der Waals surface area contributed by atoms with E-state index in [0.29, 0.717) is 56.4 Å². The third kappa shape index (κ3) is 9.57. The third-order valence-electron chi connectivity index (χ3n) is 11.5. The number of hydrogen-bond acceptors (Lipinski definition) is 9. The predicted octanol–water partition coefficient (Wildman–Crippen LogP) is 1.51. The van der Waals surface area contributed by atoms with Gasteiger partial charge in [0.2, 0.25) is 35.4 Å². The summed E-state index contributed by atoms with van der Waals surface area (Å²) in [5.41, 5.74) is 1.42. The number of rotatable bonds is 8. The molecule has 15 nitrogen and oxygen atoms in total. The van der Waals surface area contributed by atoms with Crippen molar-refractivity contribution in [2.24, 2.45) is 5.92 Å². The average Bonchev–Trinajstić information content (AvgIpc) is 3.86. The van der Waals surface area contributed by atoms with Crippen LogP contribution in [0.4, 0.5) is 0 Å². The zero-order valence-corrected chi connectivity index (χ0v) is 33.1. The van der Waals surface area contributed by atoms with Crippen molar-refractivity contribution < 1.29 is 43.0 Å². The SMILES string of the molecule is COc1cccc(CC(=O)N[C@@H](Cc2ccccc2)C(=O)N[C@@H]2C(=O)N3CCC[C@H]3C(=O)N3CCCC[C@H]3C(=O)N[C@@H](C)C(=O)N3C[C@H](C)C[C@H]3C(=O)O[C@H]2C)c1. The Hall–Kier alpha value is -5.47. The molecule has 8 atom stereocenters. The van der Waals surface area contributed by atoms with E-state index in [2.05, 4.69) is 16.0 Å². The van der Waals surface area contributed by atoms with Gasteiger partial charge in [0.05, 0.1) is 13.5 Å². The first-order chi connectivity index (χ1) is 27.3. The van der Waals surface area contributed by atoms with Crippen LogP contribution in [0.15, 0.2) is 54.6 Å². The first kappa shape index (κ1) is 41.2. The fraction of sp³-hybridized carbons (Fsp3) is 0.548. The molecular weight excluding hydrogens is 732 g/mol. The molecule has 306 valence electrons. The lowest BCUT2D eigenvalue weighted by molar-refractivity contribution is -0.163. The summed E-state index contributed by atoms with van der Waals surface area (Å²) in [4.78, 5) is 103. The molecule has 3 N–H and O–H groups in total. The molecule has 15 heteroatoms. The van der Waals surface area contributed by atoms with Crippen molar-refractivity contribution in [1.29, 1.82) is 0 Å². The number of amides is 6. The quantitative estimate of drug-likeness (QED) is 0.334. The molecule has 2 aromatic rings. The summed E-state index contributed by atoms with van der Waals surface area (Å²) in [5.74, 6) is -3.31. The van der Waals surface area contributed by atoms with Crippen LogP contribution >= 0.6 is 0 Å². The van der Waals surface area contributed by atoms with Gasteiger partial charge >= 0.3 is 5.97 Å². The normalized spacial score (nSPS) is 27.8. The van der Waals surface area contributed by atoms with Gasteiger partial charge in [-0.25, -0.2) is 4.79 Å². The molecule has 0 unspecified atom stereocenters. The van der Waals surface area contributed by atoms with Crippen molar-refractivity contribution in [3.63, 3.8) is 0 Å². The Morgan fingerprint density at radius 2 is 1.53 bits per heavy atom. The number of fused-ring (bicyclic) bond motifs is 3. The molecule has 0 radical (unpaired) electrons. The summed E-state index contributed by atoms with van der Waals surface area (Å²) < 4.78 is 11.3. The van der Waals surface area contributed by atoms with Gasteiger partial charge in [0.25, 0.3) is 0 Å². The second-order valence-electron chi connectivity index (χ2n) is 15.8. The Bertz CT molecular complexity index is 1840. The van der Waals surface area contributed by atoms with Gasteiger partial charge in [-0.3, -0.25) is 28.8 Å². The lowest BCUT2D eigenvalue weighted by Gasteiger charge is -2.39. The van der Waals surface area contributed by atoms with Crippen LogP contribution in [-0.4, -0.2) is 125 Å². The second kappa shape index (κ2) is 18.2. The summed E-state index contributed by atoms with van der Waals surface area (Å²) in [5, 5.41) is 8.45. The van der Waals surface area contributed by atoms with E-state index in [4.69, 9.17) is 9.47 Å². The van der Waals surface area contributed by atoms with E-state index in [-0.39, 0.29) is 37.8 Å². The topological polar surface area (TPSA) is 184 Å². The van der Waals surface area contributed by atoms with E-state index in [1.165, 1.54) is 28.7 Å². The largest absolute Gasteiger partial charge is 0.497 e. The summed E-state index contributed by atoms with van der Waals surface area (Å²) in [6.45, 7) is 5.75. The van der Waals surface area contributed by atoms with Crippen LogP contribution in [0.3, 0.4) is 0 Å². The zero-order chi connectivity index (χ0) is 40.8. The monoisotopic (exact) mass is 786 g/mol. The molecule has 4 saturated heterocycles. The van der Waals surface area contributed by atoms with E-state index >= 15 is 0 Å². The van der Waals surface area contributed by atoms with Gasteiger partial charge in [-0.2, -0.15) is 0 Å². The molecule has 57 heavy (non-hydrogen) atoms. The van der Waals surface area contributed by atoms with Gasteiger partial charge in [-0.15, -0.1) is 0 Å². The smallest absolute Gasteiger partial charge is 0.329 e. The summed E-state index contributed by atoms with van der Waals surface area (Å²) in [6, 6.07) is 9.81. The highest BCUT2D eigenvalue weighted by Crippen LogP contribution is 2.29. The Morgan fingerprint density at radius 3 is 2.28 bits per heavy atom. The number of piperidine rings is 1. The Morgan fingerprint density at radius 1 is 0.825 bits per heavy atom. The maximum absolute atomic E-state index is 14.7. The average molecular weight is 787 g/mol. The van der Waals surface area contributed by atoms with E-state index in [1.54, 1.807) is 31.2 Å². The van der Waals surface area contributed by atoms with Crippen LogP contribution in [-0.2, 0) is 51.1 Å². The molecule has 4 aliphatic heterocycles. The van der Waals surface area contributed by atoms with Crippen LogP contribution in [0.2, 0.25) is 0 Å². The van der Waals surface area contributed by atoms with Crippen LogP contribution in [0.1, 0.15) is 70.4 Å². The summed E-state index contributed by atoms with van der Waals surface area (Å²) in [7, 11) is 1.53. The molecule has 4 fully saturated rings. The van der Waals surface area contributed by atoms with Crippen molar-refractivity contribution in [2.75, 3.05) is 26.7 Å². The maximum Gasteiger partial charge on any atom is 0.329 e. The predicted molar refractivity (Wildman–Crippen MR) is 207 cm³/mol. The van der Waals surface area contributed by atoms with Gasteiger partial charge in [-0.1, -0.05) is 49.4 Å². The minimum absolute atomic E-state index is 0.0487. The van der Waals surface area contributed by atoms with E-state index in [9.17, 15) is 33.6 Å². The maximum atomic E-state index is 14.7. The highest BCUT2D eigenvalue weighted by atomic mass is 16.5. The molecule has 6 amide bonds. The number of nitrogens with zero attached hydrogens (tertiary/aromatic N) is 3. The summed E-state index contributed by atoms with van der Waals surface area (Å²) >= 11 is 0. The molecular formula is C42H54N6O9. The van der Waals surface area contributed by atoms with Crippen molar-refractivity contribution >= 4 is 41.4 Å². The van der Waals surface area contributed by atoms with Gasteiger partial charge in [0.15, 0.2) is 0 Å².